The number of hydrogen-bond acceptors (Lipinski definition) is 1. The summed E-state index contributed by atoms with van der Waals surface area (Å²) in [5.41, 5.74) is 0.524. The van der Waals surface area contributed by atoms with Crippen LogP contribution in [0.25, 0.3) is 0 Å². The molecule has 0 bridgehead atoms. The van der Waals surface area contributed by atoms with Crippen molar-refractivity contribution in [1.29, 1.82) is 0 Å². The number of halogens is 3. The molecule has 0 radical (unpaired) electrons. The van der Waals surface area contributed by atoms with E-state index in [-0.39, 0.29) is 17.6 Å². The van der Waals surface area contributed by atoms with E-state index in [4.69, 9.17) is 4.74 Å². The zero-order chi connectivity index (χ0) is 16.4. The third-order valence-corrected chi connectivity index (χ3v) is 3.42. The van der Waals surface area contributed by atoms with Crippen molar-refractivity contribution in [2.24, 2.45) is 0 Å². The number of alkyl halides is 3. The minimum atomic E-state index is -4.37. The van der Waals surface area contributed by atoms with Crippen molar-refractivity contribution in [3.8, 4) is 5.75 Å². The van der Waals surface area contributed by atoms with Gasteiger partial charge in [0.15, 0.2) is 0 Å². The van der Waals surface area contributed by atoms with Gasteiger partial charge < -0.3 is 4.74 Å². The molecular formula is C18H19F3O. The van der Waals surface area contributed by atoms with Gasteiger partial charge in [0.1, 0.15) is 12.4 Å². The van der Waals surface area contributed by atoms with Crippen LogP contribution < -0.4 is 4.74 Å². The predicted molar refractivity (Wildman–Crippen MR) is 80.9 cm³/mol. The molecular weight excluding hydrogens is 289 g/mol. The largest absolute Gasteiger partial charge is 0.489 e. The van der Waals surface area contributed by atoms with Gasteiger partial charge in [-0.1, -0.05) is 51.1 Å². The van der Waals surface area contributed by atoms with E-state index >= 15 is 0 Å². The van der Waals surface area contributed by atoms with E-state index in [1.54, 1.807) is 12.1 Å². The first kappa shape index (κ1) is 16.4. The second kappa shape index (κ2) is 6.03. The van der Waals surface area contributed by atoms with E-state index in [2.05, 4.69) is 20.8 Å². The van der Waals surface area contributed by atoms with Crippen molar-refractivity contribution in [3.63, 3.8) is 0 Å². The summed E-state index contributed by atoms with van der Waals surface area (Å²) in [7, 11) is 0. The van der Waals surface area contributed by atoms with Crippen LogP contribution in [0.15, 0.2) is 48.5 Å². The molecule has 0 aliphatic rings. The van der Waals surface area contributed by atoms with Crippen LogP contribution in [0.4, 0.5) is 13.2 Å². The van der Waals surface area contributed by atoms with Crippen molar-refractivity contribution in [2.75, 3.05) is 0 Å². The normalized spacial score (nSPS) is 12.3. The molecule has 0 unspecified atom stereocenters. The number of benzene rings is 2. The monoisotopic (exact) mass is 308 g/mol. The third kappa shape index (κ3) is 4.03. The summed E-state index contributed by atoms with van der Waals surface area (Å²) in [4.78, 5) is 0. The minimum Gasteiger partial charge on any atom is -0.489 e. The number of ether oxygens (including phenoxy) is 1. The van der Waals surface area contributed by atoms with Crippen LogP contribution in [0, 0.1) is 0 Å². The van der Waals surface area contributed by atoms with E-state index in [0.29, 0.717) is 5.75 Å². The zero-order valence-corrected chi connectivity index (χ0v) is 12.9. The SMILES string of the molecule is CC(C)(C)c1cccc(OCc2ccccc2C(F)(F)F)c1. The van der Waals surface area contributed by atoms with Gasteiger partial charge in [-0.2, -0.15) is 13.2 Å². The molecule has 0 heterocycles. The molecule has 0 atom stereocenters. The Balaban J connectivity index is 2.18. The van der Waals surface area contributed by atoms with Crippen molar-refractivity contribution in [2.45, 2.75) is 39.0 Å². The quantitative estimate of drug-likeness (QED) is 0.719. The van der Waals surface area contributed by atoms with Gasteiger partial charge >= 0.3 is 6.18 Å². The molecule has 2 aromatic carbocycles. The topological polar surface area (TPSA) is 9.23 Å². The maximum Gasteiger partial charge on any atom is 0.416 e. The van der Waals surface area contributed by atoms with Crippen molar-refractivity contribution in [1.82, 2.24) is 0 Å². The van der Waals surface area contributed by atoms with E-state index < -0.39 is 11.7 Å². The van der Waals surface area contributed by atoms with E-state index in [0.717, 1.165) is 11.6 Å². The molecule has 0 fully saturated rings. The van der Waals surface area contributed by atoms with Gasteiger partial charge in [-0.05, 0) is 29.2 Å². The van der Waals surface area contributed by atoms with Crippen LogP contribution in [0.5, 0.6) is 5.75 Å². The summed E-state index contributed by atoms with van der Waals surface area (Å²) in [5, 5.41) is 0. The molecule has 0 aliphatic heterocycles. The summed E-state index contributed by atoms with van der Waals surface area (Å²) in [6.07, 6.45) is -4.37. The lowest BCUT2D eigenvalue weighted by Crippen LogP contribution is -2.12. The van der Waals surface area contributed by atoms with Crippen LogP contribution in [-0.4, -0.2) is 0 Å². The first-order chi connectivity index (χ1) is 10.2. The summed E-state index contributed by atoms with van der Waals surface area (Å²) in [6, 6.07) is 12.9. The van der Waals surface area contributed by atoms with Gasteiger partial charge in [-0.25, -0.2) is 0 Å². The maximum absolute atomic E-state index is 12.9. The Kier molecular flexibility index (Phi) is 4.50. The Bertz CT molecular complexity index is 639. The standard InChI is InChI=1S/C18H19F3O/c1-17(2,3)14-8-6-9-15(11-14)22-12-13-7-4-5-10-16(13)18(19,20)21/h4-11H,12H2,1-3H3. The van der Waals surface area contributed by atoms with Crippen LogP contribution in [-0.2, 0) is 18.2 Å². The average Bonchev–Trinajstić information content (AvgIpc) is 2.44. The van der Waals surface area contributed by atoms with Gasteiger partial charge in [0.25, 0.3) is 0 Å². The average molecular weight is 308 g/mol. The predicted octanol–water partition coefficient (Wildman–Crippen LogP) is 5.58. The first-order valence-electron chi connectivity index (χ1n) is 7.06. The molecule has 0 N–H and O–H groups in total. The lowest BCUT2D eigenvalue weighted by molar-refractivity contribution is -0.138. The van der Waals surface area contributed by atoms with Crippen LogP contribution in [0.1, 0.15) is 37.5 Å². The van der Waals surface area contributed by atoms with Crippen molar-refractivity contribution in [3.05, 3.63) is 65.2 Å². The molecule has 0 aromatic heterocycles. The Morgan fingerprint density at radius 1 is 0.909 bits per heavy atom. The molecule has 0 amide bonds. The highest BCUT2D eigenvalue weighted by atomic mass is 19.4. The lowest BCUT2D eigenvalue weighted by atomic mass is 9.87. The Hall–Kier alpha value is -1.97. The highest BCUT2D eigenvalue weighted by Gasteiger charge is 2.32. The molecule has 0 spiro atoms. The van der Waals surface area contributed by atoms with Gasteiger partial charge in [-0.15, -0.1) is 0 Å². The summed E-state index contributed by atoms with van der Waals surface area (Å²) >= 11 is 0. The van der Waals surface area contributed by atoms with E-state index in [1.807, 2.05) is 18.2 Å². The molecule has 2 aromatic rings. The molecule has 0 saturated carbocycles. The fraction of sp³-hybridized carbons (Fsp3) is 0.333. The second-order valence-electron chi connectivity index (χ2n) is 6.22. The Morgan fingerprint density at radius 3 is 2.23 bits per heavy atom. The van der Waals surface area contributed by atoms with E-state index in [1.165, 1.54) is 12.1 Å². The molecule has 0 saturated heterocycles. The number of rotatable bonds is 3. The second-order valence-corrected chi connectivity index (χ2v) is 6.22. The van der Waals surface area contributed by atoms with Crippen LogP contribution in [0.3, 0.4) is 0 Å². The molecule has 1 nitrogen and oxygen atoms in total. The van der Waals surface area contributed by atoms with Gasteiger partial charge in [0.2, 0.25) is 0 Å². The van der Waals surface area contributed by atoms with Gasteiger partial charge in [-0.3, -0.25) is 0 Å². The summed E-state index contributed by atoms with van der Waals surface area (Å²) in [5.74, 6) is 0.574. The lowest BCUT2D eigenvalue weighted by Gasteiger charge is -2.20. The molecule has 0 aliphatic carbocycles. The maximum atomic E-state index is 12.9. The molecule has 4 heteroatoms. The Morgan fingerprint density at radius 2 is 1.59 bits per heavy atom. The van der Waals surface area contributed by atoms with Crippen molar-refractivity contribution >= 4 is 0 Å². The smallest absolute Gasteiger partial charge is 0.416 e. The summed E-state index contributed by atoms with van der Waals surface area (Å²) < 4.78 is 44.4. The van der Waals surface area contributed by atoms with Crippen LogP contribution >= 0.6 is 0 Å². The molecule has 2 rings (SSSR count). The van der Waals surface area contributed by atoms with Gasteiger partial charge in [0, 0.05) is 5.56 Å². The highest BCUT2D eigenvalue weighted by Crippen LogP contribution is 2.32. The first-order valence-corrected chi connectivity index (χ1v) is 7.06. The minimum absolute atomic E-state index is 0.0384. The fourth-order valence-electron chi connectivity index (χ4n) is 2.14. The third-order valence-electron chi connectivity index (χ3n) is 3.42. The zero-order valence-electron chi connectivity index (χ0n) is 12.9. The molecule has 22 heavy (non-hydrogen) atoms. The van der Waals surface area contributed by atoms with Crippen LogP contribution in [0.2, 0.25) is 0 Å². The molecule has 118 valence electrons. The highest BCUT2D eigenvalue weighted by molar-refractivity contribution is 5.34. The van der Waals surface area contributed by atoms with Crippen molar-refractivity contribution < 1.29 is 17.9 Å². The Labute approximate surface area is 128 Å². The van der Waals surface area contributed by atoms with Gasteiger partial charge in [0.05, 0.1) is 5.56 Å². The fourth-order valence-corrected chi connectivity index (χ4v) is 2.14. The number of hydrogen-bond donors (Lipinski definition) is 0. The summed E-state index contributed by atoms with van der Waals surface area (Å²) in [6.45, 7) is 6.12. The van der Waals surface area contributed by atoms with E-state index in [9.17, 15) is 13.2 Å².